The number of nitrogens with one attached hydrogen (secondary N) is 1. The maximum absolute atomic E-state index is 13.3. The molecule has 6 nitrogen and oxygen atoms in total. The molecule has 1 amide bonds. The molecule has 30 heavy (non-hydrogen) atoms. The van der Waals surface area contributed by atoms with Gasteiger partial charge in [-0.3, -0.25) is 14.2 Å². The van der Waals surface area contributed by atoms with Crippen molar-refractivity contribution in [3.05, 3.63) is 90.3 Å². The van der Waals surface area contributed by atoms with E-state index in [1.54, 1.807) is 29.6 Å². The molecule has 0 unspecified atom stereocenters. The highest BCUT2D eigenvalue weighted by Crippen LogP contribution is 2.18. The third kappa shape index (κ3) is 3.76. The van der Waals surface area contributed by atoms with Crippen molar-refractivity contribution in [3.8, 4) is 5.69 Å². The summed E-state index contributed by atoms with van der Waals surface area (Å²) < 4.78 is 3.82. The second-order valence-electron chi connectivity index (χ2n) is 6.97. The summed E-state index contributed by atoms with van der Waals surface area (Å²) in [5, 5.41) is 4.54. The lowest BCUT2D eigenvalue weighted by molar-refractivity contribution is -0.116. The van der Waals surface area contributed by atoms with E-state index in [-0.39, 0.29) is 18.0 Å². The number of halogens is 1. The topological polar surface area (TPSA) is 73.1 Å². The minimum absolute atomic E-state index is 0.201. The van der Waals surface area contributed by atoms with Gasteiger partial charge in [0.2, 0.25) is 5.91 Å². The van der Waals surface area contributed by atoms with Crippen molar-refractivity contribution in [2.75, 3.05) is 5.32 Å². The zero-order chi connectivity index (χ0) is 21.4. The molecule has 0 aliphatic carbocycles. The molecule has 0 aliphatic rings. The number of anilines is 1. The number of amides is 1. The number of fused-ring (bicyclic) bond motifs is 1. The summed E-state index contributed by atoms with van der Waals surface area (Å²) in [5.41, 5.74) is 2.70. The van der Waals surface area contributed by atoms with Crippen LogP contribution in [0.5, 0.6) is 0 Å². The number of carbonyl (C=O) groups excluding carboxylic acids is 1. The van der Waals surface area contributed by atoms with Gasteiger partial charge in [0.05, 0.1) is 11.2 Å². The van der Waals surface area contributed by atoms with Crippen molar-refractivity contribution >= 4 is 49.1 Å². The van der Waals surface area contributed by atoms with E-state index in [0.29, 0.717) is 21.6 Å². The molecule has 152 valence electrons. The molecule has 0 saturated carbocycles. The second kappa shape index (κ2) is 8.04. The molecule has 1 N–H and O–H groups in total. The molecule has 0 aliphatic heterocycles. The lowest BCUT2D eigenvalue weighted by Gasteiger charge is -2.13. The Bertz CT molecular complexity index is 1380. The first-order valence-electron chi connectivity index (χ1n) is 9.21. The summed E-state index contributed by atoms with van der Waals surface area (Å²) in [6.45, 7) is 3.69. The predicted molar refractivity (Wildman–Crippen MR) is 124 cm³/mol. The third-order valence-corrected chi connectivity index (χ3v) is 6.35. The highest BCUT2D eigenvalue weighted by atomic mass is 79.9. The van der Waals surface area contributed by atoms with Crippen LogP contribution < -0.4 is 16.6 Å². The molecule has 0 radical (unpaired) electrons. The number of carbonyl (C=O) groups is 1. The van der Waals surface area contributed by atoms with Gasteiger partial charge in [-0.1, -0.05) is 22.0 Å². The number of rotatable bonds is 4. The van der Waals surface area contributed by atoms with Gasteiger partial charge in [-0.2, -0.15) is 0 Å². The molecule has 0 saturated heterocycles. The first-order valence-corrected chi connectivity index (χ1v) is 10.9. The summed E-state index contributed by atoms with van der Waals surface area (Å²) in [7, 11) is 0. The van der Waals surface area contributed by atoms with Crippen LogP contribution in [0.2, 0.25) is 0 Å². The number of hydrogen-bond acceptors (Lipinski definition) is 4. The molecule has 0 spiro atoms. The number of hydrogen-bond donors (Lipinski definition) is 1. The Morgan fingerprint density at radius 3 is 2.47 bits per heavy atom. The van der Waals surface area contributed by atoms with Crippen LogP contribution in [0.15, 0.2) is 68.0 Å². The molecule has 4 rings (SSSR count). The summed E-state index contributed by atoms with van der Waals surface area (Å²) in [6.07, 6.45) is 0. The standard InChI is InChI=1S/C22H18BrN3O3S/c1-13-3-8-17(11-14(13)2)26-21(28)20-18(9-10-30-20)25(22(26)29)12-19(27)24-16-6-4-15(23)5-7-16/h3-11H,12H2,1-2H3,(H,24,27). The van der Waals surface area contributed by atoms with E-state index in [2.05, 4.69) is 21.2 Å². The number of aromatic nitrogens is 2. The maximum Gasteiger partial charge on any atom is 0.336 e. The number of nitrogens with zero attached hydrogens (tertiary/aromatic N) is 2. The fraction of sp³-hybridized carbons (Fsp3) is 0.136. The number of aryl methyl sites for hydroxylation is 2. The Morgan fingerprint density at radius 2 is 1.77 bits per heavy atom. The second-order valence-corrected chi connectivity index (χ2v) is 8.80. The molecule has 4 aromatic rings. The van der Waals surface area contributed by atoms with Gasteiger partial charge < -0.3 is 5.32 Å². The molecule has 2 aromatic heterocycles. The van der Waals surface area contributed by atoms with Crippen LogP contribution in [-0.4, -0.2) is 15.0 Å². The van der Waals surface area contributed by atoms with Gasteiger partial charge in [-0.15, -0.1) is 11.3 Å². The summed E-state index contributed by atoms with van der Waals surface area (Å²) in [5.74, 6) is -0.350. The van der Waals surface area contributed by atoms with Crippen molar-refractivity contribution < 1.29 is 4.79 Å². The van der Waals surface area contributed by atoms with Crippen LogP contribution in [0.4, 0.5) is 5.69 Å². The Morgan fingerprint density at radius 1 is 1.03 bits per heavy atom. The highest BCUT2D eigenvalue weighted by molar-refractivity contribution is 9.10. The van der Waals surface area contributed by atoms with E-state index >= 15 is 0 Å². The van der Waals surface area contributed by atoms with Gasteiger partial charge in [0, 0.05) is 10.2 Å². The monoisotopic (exact) mass is 483 g/mol. The Labute approximate surface area is 184 Å². The zero-order valence-corrected chi connectivity index (χ0v) is 18.7. The molecule has 8 heteroatoms. The van der Waals surface area contributed by atoms with E-state index < -0.39 is 5.69 Å². The molecule has 0 atom stereocenters. The lowest BCUT2D eigenvalue weighted by atomic mass is 10.1. The van der Waals surface area contributed by atoms with E-state index in [1.807, 2.05) is 38.1 Å². The predicted octanol–water partition coefficient (Wildman–Crippen LogP) is 4.23. The molecule has 0 bridgehead atoms. The van der Waals surface area contributed by atoms with Gasteiger partial charge in [0.15, 0.2) is 0 Å². The third-order valence-electron chi connectivity index (χ3n) is 4.93. The average molecular weight is 484 g/mol. The van der Waals surface area contributed by atoms with Crippen molar-refractivity contribution in [1.82, 2.24) is 9.13 Å². The first-order chi connectivity index (χ1) is 14.3. The van der Waals surface area contributed by atoms with E-state index in [9.17, 15) is 14.4 Å². The normalized spacial score (nSPS) is 11.0. The summed E-state index contributed by atoms with van der Waals surface area (Å²) >= 11 is 4.61. The van der Waals surface area contributed by atoms with Crippen LogP contribution in [-0.2, 0) is 11.3 Å². The van der Waals surface area contributed by atoms with E-state index in [1.165, 1.54) is 15.9 Å². The SMILES string of the molecule is Cc1ccc(-n2c(=O)c3sccc3n(CC(=O)Nc3ccc(Br)cc3)c2=O)cc1C. The lowest BCUT2D eigenvalue weighted by Crippen LogP contribution is -2.40. The average Bonchev–Trinajstić information content (AvgIpc) is 3.20. The van der Waals surface area contributed by atoms with Gasteiger partial charge in [-0.25, -0.2) is 9.36 Å². The molecule has 2 heterocycles. The summed E-state index contributed by atoms with van der Waals surface area (Å²) in [4.78, 5) is 38.9. The zero-order valence-electron chi connectivity index (χ0n) is 16.3. The van der Waals surface area contributed by atoms with E-state index in [0.717, 1.165) is 20.2 Å². The van der Waals surface area contributed by atoms with Crippen LogP contribution in [0.3, 0.4) is 0 Å². The maximum atomic E-state index is 13.3. The Hall–Kier alpha value is -2.97. The van der Waals surface area contributed by atoms with Gasteiger partial charge in [0.25, 0.3) is 5.56 Å². The minimum atomic E-state index is -0.542. The van der Waals surface area contributed by atoms with Crippen molar-refractivity contribution in [2.45, 2.75) is 20.4 Å². The Kier molecular flexibility index (Phi) is 5.44. The van der Waals surface area contributed by atoms with Gasteiger partial charge in [0.1, 0.15) is 11.2 Å². The molecular weight excluding hydrogens is 466 g/mol. The van der Waals surface area contributed by atoms with Crippen molar-refractivity contribution in [3.63, 3.8) is 0 Å². The number of benzene rings is 2. The van der Waals surface area contributed by atoms with Crippen molar-refractivity contribution in [1.29, 1.82) is 0 Å². The van der Waals surface area contributed by atoms with Gasteiger partial charge in [-0.05, 0) is 72.8 Å². The first kappa shape index (κ1) is 20.3. The summed E-state index contributed by atoms with van der Waals surface area (Å²) in [6, 6.07) is 14.3. The molecule has 0 fully saturated rings. The quantitative estimate of drug-likeness (QED) is 0.471. The minimum Gasteiger partial charge on any atom is -0.325 e. The van der Waals surface area contributed by atoms with Crippen LogP contribution in [0.1, 0.15) is 11.1 Å². The highest BCUT2D eigenvalue weighted by Gasteiger charge is 2.18. The van der Waals surface area contributed by atoms with Crippen molar-refractivity contribution in [2.24, 2.45) is 0 Å². The smallest absolute Gasteiger partial charge is 0.325 e. The Balaban J connectivity index is 1.79. The largest absolute Gasteiger partial charge is 0.336 e. The van der Waals surface area contributed by atoms with Gasteiger partial charge >= 0.3 is 5.69 Å². The molecular formula is C22H18BrN3O3S. The number of thiophene rings is 1. The van der Waals surface area contributed by atoms with Crippen LogP contribution in [0.25, 0.3) is 15.9 Å². The van der Waals surface area contributed by atoms with E-state index in [4.69, 9.17) is 0 Å². The van der Waals surface area contributed by atoms with Crippen LogP contribution in [0, 0.1) is 13.8 Å². The van der Waals surface area contributed by atoms with Crippen LogP contribution >= 0.6 is 27.3 Å². The molecule has 2 aromatic carbocycles. The fourth-order valence-electron chi connectivity index (χ4n) is 3.21. The fourth-order valence-corrected chi connectivity index (χ4v) is 4.30.